The lowest BCUT2D eigenvalue weighted by Crippen LogP contribution is -2.11. The molecule has 0 aliphatic rings. The summed E-state index contributed by atoms with van der Waals surface area (Å²) in [4.78, 5) is 10.1. The highest BCUT2D eigenvalue weighted by atomic mass is 16.7. The van der Waals surface area contributed by atoms with Crippen LogP contribution in [0.5, 0.6) is 5.75 Å². The highest BCUT2D eigenvalue weighted by Crippen LogP contribution is 2.11. The van der Waals surface area contributed by atoms with E-state index >= 15 is 0 Å². The lowest BCUT2D eigenvalue weighted by Gasteiger charge is -2.03. The van der Waals surface area contributed by atoms with Gasteiger partial charge in [-0.2, -0.15) is 0 Å². The molecule has 0 amide bonds. The van der Waals surface area contributed by atoms with Crippen molar-refractivity contribution in [2.24, 2.45) is 0 Å². The van der Waals surface area contributed by atoms with Gasteiger partial charge in [0.15, 0.2) is 5.90 Å². The fourth-order valence-corrected chi connectivity index (χ4v) is 1.07. The summed E-state index contributed by atoms with van der Waals surface area (Å²) in [7, 11) is 1.56. The van der Waals surface area contributed by atoms with E-state index in [-0.39, 0.29) is 12.3 Å². The summed E-state index contributed by atoms with van der Waals surface area (Å²) < 4.78 is 9.14. The predicted molar refractivity (Wildman–Crippen MR) is 53.5 cm³/mol. The second kappa shape index (κ2) is 4.99. The topological polar surface area (TPSA) is 79.6 Å². The van der Waals surface area contributed by atoms with Crippen molar-refractivity contribution >= 4 is 12.1 Å². The molecule has 0 spiro atoms. The number of benzene rings is 1. The predicted octanol–water partition coefficient (Wildman–Crippen LogP) is 1.91. The molecule has 1 aromatic rings. The van der Waals surface area contributed by atoms with Crippen molar-refractivity contribution in [3.8, 4) is 5.75 Å². The molecule has 15 heavy (non-hydrogen) atoms. The summed E-state index contributed by atoms with van der Waals surface area (Å²) in [5, 5.41) is 15.5. The van der Waals surface area contributed by atoms with Crippen LogP contribution in [0.1, 0.15) is 5.56 Å². The van der Waals surface area contributed by atoms with Crippen molar-refractivity contribution in [1.29, 1.82) is 5.41 Å². The van der Waals surface area contributed by atoms with E-state index in [2.05, 4.69) is 4.74 Å². The van der Waals surface area contributed by atoms with E-state index < -0.39 is 6.16 Å². The maximum Gasteiger partial charge on any atom is 0.512 e. The van der Waals surface area contributed by atoms with Gasteiger partial charge in [-0.25, -0.2) is 4.79 Å². The van der Waals surface area contributed by atoms with Gasteiger partial charge in [0.05, 0.1) is 7.11 Å². The number of nitrogens with one attached hydrogen (secondary N) is 1. The van der Waals surface area contributed by atoms with Gasteiger partial charge >= 0.3 is 6.16 Å². The van der Waals surface area contributed by atoms with E-state index in [9.17, 15) is 4.79 Å². The molecule has 0 unspecified atom stereocenters. The van der Waals surface area contributed by atoms with Crippen LogP contribution >= 0.6 is 0 Å². The Morgan fingerprint density at radius 1 is 1.40 bits per heavy atom. The van der Waals surface area contributed by atoms with Crippen molar-refractivity contribution in [2.45, 2.75) is 6.42 Å². The molecule has 5 nitrogen and oxygen atoms in total. The third-order valence-electron chi connectivity index (χ3n) is 1.73. The van der Waals surface area contributed by atoms with Crippen LogP contribution in [0.4, 0.5) is 4.79 Å². The second-order valence-corrected chi connectivity index (χ2v) is 2.82. The first kappa shape index (κ1) is 11.0. The first-order valence-corrected chi connectivity index (χ1v) is 4.23. The Hall–Kier alpha value is -2.04. The lowest BCUT2D eigenvalue weighted by molar-refractivity contribution is 0.139. The van der Waals surface area contributed by atoms with Gasteiger partial charge in [-0.15, -0.1) is 0 Å². The first-order valence-electron chi connectivity index (χ1n) is 4.23. The lowest BCUT2D eigenvalue weighted by atomic mass is 10.1. The van der Waals surface area contributed by atoms with E-state index in [0.29, 0.717) is 5.75 Å². The summed E-state index contributed by atoms with van der Waals surface area (Å²) in [5.41, 5.74) is 0.794. The first-order chi connectivity index (χ1) is 7.11. The zero-order chi connectivity index (χ0) is 11.3. The van der Waals surface area contributed by atoms with E-state index in [1.54, 1.807) is 31.4 Å². The molecule has 0 aromatic heterocycles. The van der Waals surface area contributed by atoms with Gasteiger partial charge in [-0.05, 0) is 17.7 Å². The highest BCUT2D eigenvalue weighted by Gasteiger charge is 2.05. The molecule has 0 bridgehead atoms. The fraction of sp³-hybridized carbons (Fsp3) is 0.200. The van der Waals surface area contributed by atoms with E-state index in [0.717, 1.165) is 5.56 Å². The van der Waals surface area contributed by atoms with E-state index in [1.807, 2.05) is 0 Å². The molecule has 0 saturated heterocycles. The average Bonchev–Trinajstić information content (AvgIpc) is 2.17. The Morgan fingerprint density at radius 3 is 2.47 bits per heavy atom. The molecule has 0 saturated carbocycles. The van der Waals surface area contributed by atoms with Crippen LogP contribution in [0, 0.1) is 5.41 Å². The Kier molecular flexibility index (Phi) is 3.68. The molecule has 1 aromatic carbocycles. The third-order valence-corrected chi connectivity index (χ3v) is 1.73. The van der Waals surface area contributed by atoms with Gasteiger partial charge in [0.1, 0.15) is 5.75 Å². The molecular formula is C10H11NO4. The number of hydrogen-bond acceptors (Lipinski definition) is 4. The minimum Gasteiger partial charge on any atom is -0.497 e. The maximum absolute atomic E-state index is 10.1. The number of hydrogen-bond donors (Lipinski definition) is 2. The summed E-state index contributed by atoms with van der Waals surface area (Å²) in [6.07, 6.45) is -1.32. The van der Waals surface area contributed by atoms with Crippen molar-refractivity contribution in [3.63, 3.8) is 0 Å². The van der Waals surface area contributed by atoms with Gasteiger partial charge in [-0.1, -0.05) is 12.1 Å². The Labute approximate surface area is 86.8 Å². The monoisotopic (exact) mass is 209 g/mol. The van der Waals surface area contributed by atoms with E-state index in [4.69, 9.17) is 15.3 Å². The SMILES string of the molecule is COc1ccc(CC(=N)OC(=O)O)cc1. The number of carboxylic acid groups (broad SMARTS) is 1. The molecule has 0 aliphatic carbocycles. The minimum atomic E-state index is -1.46. The smallest absolute Gasteiger partial charge is 0.497 e. The molecule has 2 N–H and O–H groups in total. The molecule has 1 rings (SSSR count). The van der Waals surface area contributed by atoms with Crippen molar-refractivity contribution in [1.82, 2.24) is 0 Å². The number of carbonyl (C=O) groups is 1. The van der Waals surface area contributed by atoms with Gasteiger partial charge in [0.2, 0.25) is 0 Å². The summed E-state index contributed by atoms with van der Waals surface area (Å²) >= 11 is 0. The molecule has 0 atom stereocenters. The fourth-order valence-electron chi connectivity index (χ4n) is 1.07. The maximum atomic E-state index is 10.1. The molecule has 0 fully saturated rings. The van der Waals surface area contributed by atoms with Gasteiger partial charge in [0, 0.05) is 6.42 Å². The summed E-state index contributed by atoms with van der Waals surface area (Å²) in [5.74, 6) is 0.414. The largest absolute Gasteiger partial charge is 0.512 e. The standard InChI is InChI=1S/C10H11NO4/c1-14-8-4-2-7(3-5-8)6-9(11)15-10(12)13/h2-5,11H,6H2,1H3,(H,12,13). The second-order valence-electron chi connectivity index (χ2n) is 2.82. The van der Waals surface area contributed by atoms with Crippen LogP contribution in [0.25, 0.3) is 0 Å². The van der Waals surface area contributed by atoms with Crippen molar-refractivity contribution < 1.29 is 19.4 Å². The van der Waals surface area contributed by atoms with Crippen LogP contribution < -0.4 is 4.74 Å². The summed E-state index contributed by atoms with van der Waals surface area (Å²) in [6.45, 7) is 0. The Bertz CT molecular complexity index is 358. The number of rotatable bonds is 3. The zero-order valence-electron chi connectivity index (χ0n) is 8.19. The molecule has 0 radical (unpaired) electrons. The van der Waals surface area contributed by atoms with Crippen molar-refractivity contribution in [2.75, 3.05) is 7.11 Å². The normalized spacial score (nSPS) is 9.40. The number of ether oxygens (including phenoxy) is 2. The molecular weight excluding hydrogens is 198 g/mol. The van der Waals surface area contributed by atoms with Crippen LogP contribution in [0.2, 0.25) is 0 Å². The molecule has 80 valence electrons. The summed E-state index contributed by atoms with van der Waals surface area (Å²) in [6, 6.07) is 6.98. The molecule has 0 aliphatic heterocycles. The van der Waals surface area contributed by atoms with Gasteiger partial charge in [0.25, 0.3) is 0 Å². The van der Waals surface area contributed by atoms with Crippen LogP contribution in [-0.4, -0.2) is 24.3 Å². The number of methoxy groups -OCH3 is 1. The molecule has 0 heterocycles. The van der Waals surface area contributed by atoms with E-state index in [1.165, 1.54) is 0 Å². The molecule has 5 heteroatoms. The van der Waals surface area contributed by atoms with Crippen LogP contribution in [0.3, 0.4) is 0 Å². The van der Waals surface area contributed by atoms with Crippen LogP contribution in [0.15, 0.2) is 24.3 Å². The average molecular weight is 209 g/mol. The van der Waals surface area contributed by atoms with Gasteiger partial charge in [-0.3, -0.25) is 5.41 Å². The zero-order valence-corrected chi connectivity index (χ0v) is 8.19. The quantitative estimate of drug-likeness (QED) is 0.452. The minimum absolute atomic E-state index is 0.149. The Morgan fingerprint density at radius 2 is 2.00 bits per heavy atom. The van der Waals surface area contributed by atoms with Crippen molar-refractivity contribution in [3.05, 3.63) is 29.8 Å². The Balaban J connectivity index is 2.57. The third kappa shape index (κ3) is 3.68. The van der Waals surface area contributed by atoms with Gasteiger partial charge < -0.3 is 14.6 Å². The van der Waals surface area contributed by atoms with Crippen LogP contribution in [-0.2, 0) is 11.2 Å². The highest BCUT2D eigenvalue weighted by molar-refractivity contribution is 5.84.